The van der Waals surface area contributed by atoms with Crippen LogP contribution in [0.4, 0.5) is 14.9 Å². The predicted octanol–water partition coefficient (Wildman–Crippen LogP) is 2.39. The molecule has 5 nitrogen and oxygen atoms in total. The van der Waals surface area contributed by atoms with Crippen molar-refractivity contribution in [1.29, 1.82) is 0 Å². The summed E-state index contributed by atoms with van der Waals surface area (Å²) >= 11 is 0. The van der Waals surface area contributed by atoms with Crippen molar-refractivity contribution in [2.24, 2.45) is 0 Å². The van der Waals surface area contributed by atoms with Crippen molar-refractivity contribution < 1.29 is 18.7 Å². The Morgan fingerprint density at radius 1 is 1.45 bits per heavy atom. The summed E-state index contributed by atoms with van der Waals surface area (Å²) in [7, 11) is 0. The van der Waals surface area contributed by atoms with Crippen LogP contribution in [-0.4, -0.2) is 36.1 Å². The monoisotopic (exact) mass is 280 g/mol. The van der Waals surface area contributed by atoms with Gasteiger partial charge in [0.15, 0.2) is 0 Å². The number of ether oxygens (including phenoxy) is 1. The van der Waals surface area contributed by atoms with Gasteiger partial charge in [0.05, 0.1) is 6.61 Å². The molecule has 1 saturated carbocycles. The fraction of sp³-hybridized carbons (Fsp3) is 0.429. The van der Waals surface area contributed by atoms with Crippen molar-refractivity contribution in [3.05, 3.63) is 30.1 Å². The Morgan fingerprint density at radius 3 is 2.80 bits per heavy atom. The molecule has 6 heteroatoms. The Morgan fingerprint density at radius 2 is 2.20 bits per heavy atom. The van der Waals surface area contributed by atoms with E-state index in [1.165, 1.54) is 23.1 Å². The van der Waals surface area contributed by atoms with Crippen LogP contribution in [0.5, 0.6) is 0 Å². The summed E-state index contributed by atoms with van der Waals surface area (Å²) in [5.74, 6) is -0.861. The topological polar surface area (TPSA) is 58.6 Å². The van der Waals surface area contributed by atoms with Crippen molar-refractivity contribution in [3.63, 3.8) is 0 Å². The lowest BCUT2D eigenvalue weighted by Crippen LogP contribution is -2.41. The third-order valence-corrected chi connectivity index (χ3v) is 2.93. The average Bonchev–Trinajstić information content (AvgIpc) is 3.20. The first kappa shape index (κ1) is 14.3. The van der Waals surface area contributed by atoms with E-state index >= 15 is 0 Å². The number of hydrogen-bond donors (Lipinski definition) is 1. The summed E-state index contributed by atoms with van der Waals surface area (Å²) < 4.78 is 17.9. The molecule has 1 aromatic rings. The number of halogens is 1. The first-order valence-corrected chi connectivity index (χ1v) is 6.59. The highest BCUT2D eigenvalue weighted by Gasteiger charge is 2.34. The lowest BCUT2D eigenvalue weighted by molar-refractivity contribution is -0.143. The molecule has 108 valence electrons. The number of carbonyl (C=O) groups is 2. The molecule has 0 heterocycles. The molecule has 1 aliphatic rings. The van der Waals surface area contributed by atoms with Crippen molar-refractivity contribution in [3.8, 4) is 0 Å². The van der Waals surface area contributed by atoms with Crippen LogP contribution in [0.15, 0.2) is 24.3 Å². The molecule has 0 saturated heterocycles. The summed E-state index contributed by atoms with van der Waals surface area (Å²) in [5.41, 5.74) is 0.365. The van der Waals surface area contributed by atoms with Gasteiger partial charge >= 0.3 is 12.0 Å². The number of amides is 2. The molecule has 1 N–H and O–H groups in total. The van der Waals surface area contributed by atoms with E-state index in [0.29, 0.717) is 5.69 Å². The zero-order chi connectivity index (χ0) is 14.5. The molecule has 0 radical (unpaired) electrons. The molecule has 1 aliphatic carbocycles. The second-order valence-electron chi connectivity index (χ2n) is 4.60. The minimum absolute atomic E-state index is 0.0629. The number of benzene rings is 1. The number of urea groups is 1. The minimum atomic E-state index is -0.436. The van der Waals surface area contributed by atoms with Crippen LogP contribution in [0.1, 0.15) is 19.8 Å². The van der Waals surface area contributed by atoms with E-state index in [0.717, 1.165) is 12.8 Å². The highest BCUT2D eigenvalue weighted by molar-refractivity contribution is 5.92. The second-order valence-corrected chi connectivity index (χ2v) is 4.60. The van der Waals surface area contributed by atoms with Crippen LogP contribution in [0, 0.1) is 5.82 Å². The fourth-order valence-electron chi connectivity index (χ4n) is 1.86. The van der Waals surface area contributed by atoms with Crippen molar-refractivity contribution >= 4 is 17.7 Å². The maximum absolute atomic E-state index is 13.1. The maximum atomic E-state index is 13.1. The molecule has 2 rings (SSSR count). The molecule has 1 fully saturated rings. The van der Waals surface area contributed by atoms with Crippen molar-refractivity contribution in [2.75, 3.05) is 18.5 Å². The van der Waals surface area contributed by atoms with Crippen LogP contribution >= 0.6 is 0 Å². The van der Waals surface area contributed by atoms with Crippen LogP contribution in [0.2, 0.25) is 0 Å². The molecule has 0 aliphatic heterocycles. The van der Waals surface area contributed by atoms with Crippen LogP contribution in [0.3, 0.4) is 0 Å². The summed E-state index contributed by atoms with van der Waals surface area (Å²) in [6.07, 6.45) is 1.74. The molecule has 1 aromatic carbocycles. The standard InChI is InChI=1S/C14H17FN2O3/c1-2-20-13(18)9-17(12-6-7-12)14(19)16-11-5-3-4-10(15)8-11/h3-5,8,12H,2,6-7,9H2,1H3,(H,16,19). The van der Waals surface area contributed by atoms with Gasteiger partial charge in [-0.25, -0.2) is 9.18 Å². The van der Waals surface area contributed by atoms with E-state index < -0.39 is 17.8 Å². The van der Waals surface area contributed by atoms with E-state index in [4.69, 9.17) is 4.74 Å². The average molecular weight is 280 g/mol. The van der Waals surface area contributed by atoms with Crippen LogP contribution < -0.4 is 5.32 Å². The largest absolute Gasteiger partial charge is 0.465 e. The van der Waals surface area contributed by atoms with Crippen LogP contribution in [0.25, 0.3) is 0 Å². The molecule has 0 atom stereocenters. The Labute approximate surface area is 116 Å². The highest BCUT2D eigenvalue weighted by atomic mass is 19.1. The lowest BCUT2D eigenvalue weighted by atomic mass is 10.3. The molecule has 0 unspecified atom stereocenters. The quantitative estimate of drug-likeness (QED) is 0.842. The van der Waals surface area contributed by atoms with E-state index in [-0.39, 0.29) is 19.2 Å². The molecule has 0 bridgehead atoms. The lowest BCUT2D eigenvalue weighted by Gasteiger charge is -2.21. The van der Waals surface area contributed by atoms with Crippen LogP contribution in [-0.2, 0) is 9.53 Å². The van der Waals surface area contributed by atoms with Gasteiger partial charge in [0.25, 0.3) is 0 Å². The van der Waals surface area contributed by atoms with E-state index in [1.54, 1.807) is 13.0 Å². The number of hydrogen-bond acceptors (Lipinski definition) is 3. The summed E-state index contributed by atoms with van der Waals surface area (Å²) in [6, 6.07) is 5.29. The van der Waals surface area contributed by atoms with E-state index in [1.807, 2.05) is 0 Å². The van der Waals surface area contributed by atoms with Gasteiger partial charge in [-0.05, 0) is 38.0 Å². The molecule has 20 heavy (non-hydrogen) atoms. The first-order chi connectivity index (χ1) is 9.60. The number of nitrogens with zero attached hydrogens (tertiary/aromatic N) is 1. The van der Waals surface area contributed by atoms with E-state index in [9.17, 15) is 14.0 Å². The molecule has 0 aromatic heterocycles. The number of esters is 1. The van der Waals surface area contributed by atoms with Gasteiger partial charge in [-0.2, -0.15) is 0 Å². The molecular formula is C14H17FN2O3. The number of anilines is 1. The normalized spacial score (nSPS) is 13.7. The molecule has 2 amide bonds. The van der Waals surface area contributed by atoms with Gasteiger partial charge in [0, 0.05) is 11.7 Å². The van der Waals surface area contributed by atoms with Gasteiger partial charge in [0.1, 0.15) is 12.4 Å². The molecule has 0 spiro atoms. The van der Waals surface area contributed by atoms with E-state index in [2.05, 4.69) is 5.32 Å². The smallest absolute Gasteiger partial charge is 0.325 e. The Kier molecular flexibility index (Phi) is 4.55. The first-order valence-electron chi connectivity index (χ1n) is 6.59. The summed E-state index contributed by atoms with van der Waals surface area (Å²) in [4.78, 5) is 25.1. The summed E-state index contributed by atoms with van der Waals surface area (Å²) in [6.45, 7) is 1.91. The predicted molar refractivity (Wildman–Crippen MR) is 71.8 cm³/mol. The zero-order valence-electron chi connectivity index (χ0n) is 11.3. The van der Waals surface area contributed by atoms with Crippen molar-refractivity contribution in [1.82, 2.24) is 4.90 Å². The number of rotatable bonds is 5. The van der Waals surface area contributed by atoms with Crippen molar-refractivity contribution in [2.45, 2.75) is 25.8 Å². The second kappa shape index (κ2) is 6.36. The van der Waals surface area contributed by atoms with Gasteiger partial charge in [-0.3, -0.25) is 4.79 Å². The minimum Gasteiger partial charge on any atom is -0.465 e. The fourth-order valence-corrected chi connectivity index (χ4v) is 1.86. The third kappa shape index (κ3) is 3.94. The molecular weight excluding hydrogens is 263 g/mol. The Bertz CT molecular complexity index is 503. The zero-order valence-corrected chi connectivity index (χ0v) is 11.3. The SMILES string of the molecule is CCOC(=O)CN(C(=O)Nc1cccc(F)c1)C1CC1. The van der Waals surface area contributed by atoms with Gasteiger partial charge < -0.3 is 15.0 Å². The van der Waals surface area contributed by atoms with Gasteiger partial charge in [0.2, 0.25) is 0 Å². The maximum Gasteiger partial charge on any atom is 0.325 e. The van der Waals surface area contributed by atoms with Gasteiger partial charge in [-0.15, -0.1) is 0 Å². The highest BCUT2D eigenvalue weighted by Crippen LogP contribution is 2.27. The third-order valence-electron chi connectivity index (χ3n) is 2.93. The van der Waals surface area contributed by atoms with Gasteiger partial charge in [-0.1, -0.05) is 6.07 Å². The summed E-state index contributed by atoms with van der Waals surface area (Å²) in [5, 5.41) is 2.59. The Hall–Kier alpha value is -2.11. The number of nitrogens with one attached hydrogen (secondary N) is 1. The number of carbonyl (C=O) groups excluding carboxylic acids is 2. The Balaban J connectivity index is 1.98.